The molecule has 3 nitrogen and oxygen atoms in total. The SMILES string of the molecule is COC1=C2c3oc4ccc(I)cc4c(=O)c3C2CCC1. The van der Waals surface area contributed by atoms with Gasteiger partial charge in [0.25, 0.3) is 0 Å². The molecule has 1 aromatic heterocycles. The molecule has 1 aromatic carbocycles. The van der Waals surface area contributed by atoms with Gasteiger partial charge in [0, 0.05) is 21.5 Å². The zero-order valence-electron chi connectivity index (χ0n) is 11.0. The van der Waals surface area contributed by atoms with Gasteiger partial charge in [0.05, 0.1) is 18.1 Å². The molecular weight excluding hydrogens is 367 g/mol. The van der Waals surface area contributed by atoms with E-state index < -0.39 is 0 Å². The zero-order valence-corrected chi connectivity index (χ0v) is 13.2. The topological polar surface area (TPSA) is 39.4 Å². The predicted molar refractivity (Wildman–Crippen MR) is 85.7 cm³/mol. The van der Waals surface area contributed by atoms with Crippen LogP contribution in [0.5, 0.6) is 0 Å². The Morgan fingerprint density at radius 1 is 1.40 bits per heavy atom. The van der Waals surface area contributed by atoms with Crippen molar-refractivity contribution in [3.63, 3.8) is 0 Å². The molecule has 20 heavy (non-hydrogen) atoms. The summed E-state index contributed by atoms with van der Waals surface area (Å²) in [6.45, 7) is 0. The van der Waals surface area contributed by atoms with Gasteiger partial charge in [0.2, 0.25) is 0 Å². The highest BCUT2D eigenvalue weighted by molar-refractivity contribution is 14.1. The molecule has 0 radical (unpaired) electrons. The average molecular weight is 380 g/mol. The van der Waals surface area contributed by atoms with Crippen molar-refractivity contribution in [3.8, 4) is 0 Å². The molecule has 0 aliphatic heterocycles. The van der Waals surface area contributed by atoms with Crippen molar-refractivity contribution in [1.82, 2.24) is 0 Å². The van der Waals surface area contributed by atoms with Crippen LogP contribution in [-0.4, -0.2) is 7.11 Å². The Morgan fingerprint density at radius 2 is 2.25 bits per heavy atom. The second-order valence-electron chi connectivity index (χ2n) is 5.30. The number of hydrogen-bond donors (Lipinski definition) is 0. The van der Waals surface area contributed by atoms with Crippen molar-refractivity contribution in [3.05, 3.63) is 49.1 Å². The van der Waals surface area contributed by atoms with Gasteiger partial charge >= 0.3 is 0 Å². The van der Waals surface area contributed by atoms with E-state index in [1.165, 1.54) is 0 Å². The van der Waals surface area contributed by atoms with Crippen molar-refractivity contribution in [1.29, 1.82) is 0 Å². The summed E-state index contributed by atoms with van der Waals surface area (Å²) in [5, 5.41) is 0.694. The highest BCUT2D eigenvalue weighted by Crippen LogP contribution is 2.52. The van der Waals surface area contributed by atoms with Crippen molar-refractivity contribution in [2.45, 2.75) is 25.2 Å². The Balaban J connectivity index is 2.05. The van der Waals surface area contributed by atoms with Crippen LogP contribution in [-0.2, 0) is 4.74 Å². The molecule has 0 fully saturated rings. The Hall–Kier alpha value is -1.30. The van der Waals surface area contributed by atoms with Gasteiger partial charge in [0.1, 0.15) is 17.1 Å². The van der Waals surface area contributed by atoms with Gasteiger partial charge in [-0.25, -0.2) is 0 Å². The second-order valence-corrected chi connectivity index (χ2v) is 6.55. The summed E-state index contributed by atoms with van der Waals surface area (Å²) in [4.78, 5) is 12.7. The molecule has 4 rings (SSSR count). The summed E-state index contributed by atoms with van der Waals surface area (Å²) in [5.74, 6) is 1.96. The maximum atomic E-state index is 12.7. The van der Waals surface area contributed by atoms with Gasteiger partial charge < -0.3 is 9.15 Å². The van der Waals surface area contributed by atoms with Crippen LogP contribution in [0.4, 0.5) is 0 Å². The Kier molecular flexibility index (Phi) is 2.70. The van der Waals surface area contributed by atoms with Crippen molar-refractivity contribution < 1.29 is 9.15 Å². The summed E-state index contributed by atoms with van der Waals surface area (Å²) in [6.07, 6.45) is 3.03. The molecule has 0 amide bonds. The highest BCUT2D eigenvalue weighted by Gasteiger charge is 2.42. The molecule has 0 N–H and O–H groups in total. The fraction of sp³-hybridized carbons (Fsp3) is 0.312. The van der Waals surface area contributed by atoms with E-state index in [9.17, 15) is 4.79 Å². The molecule has 1 unspecified atom stereocenters. The first-order valence-corrected chi connectivity index (χ1v) is 7.82. The lowest BCUT2D eigenvalue weighted by Crippen LogP contribution is -2.29. The van der Waals surface area contributed by atoms with Crippen LogP contribution in [0.3, 0.4) is 0 Å². The molecule has 1 atom stereocenters. The maximum absolute atomic E-state index is 12.7. The molecule has 2 aliphatic rings. The smallest absolute Gasteiger partial charge is 0.197 e. The zero-order chi connectivity index (χ0) is 13.9. The first kappa shape index (κ1) is 12.4. The monoisotopic (exact) mass is 380 g/mol. The summed E-state index contributed by atoms with van der Waals surface area (Å²) in [6, 6.07) is 5.74. The maximum Gasteiger partial charge on any atom is 0.197 e. The van der Waals surface area contributed by atoms with Crippen molar-refractivity contribution in [2.75, 3.05) is 7.11 Å². The van der Waals surface area contributed by atoms with Gasteiger partial charge in [-0.3, -0.25) is 4.79 Å². The number of fused-ring (bicyclic) bond motifs is 5. The molecule has 1 heterocycles. The van der Waals surface area contributed by atoms with Crippen LogP contribution in [0.2, 0.25) is 0 Å². The molecule has 2 aliphatic carbocycles. The number of benzene rings is 1. The molecule has 2 aromatic rings. The fourth-order valence-corrected chi connectivity index (χ4v) is 3.84. The molecule has 102 valence electrons. The Labute approximate surface area is 129 Å². The third-order valence-electron chi connectivity index (χ3n) is 4.27. The van der Waals surface area contributed by atoms with Crippen LogP contribution in [0, 0.1) is 3.57 Å². The number of hydrogen-bond acceptors (Lipinski definition) is 3. The van der Waals surface area contributed by atoms with E-state index >= 15 is 0 Å². The van der Waals surface area contributed by atoms with E-state index in [0.717, 1.165) is 45.5 Å². The Morgan fingerprint density at radius 3 is 3.05 bits per heavy atom. The fourth-order valence-electron chi connectivity index (χ4n) is 3.35. The summed E-state index contributed by atoms with van der Waals surface area (Å²) < 4.78 is 12.5. The van der Waals surface area contributed by atoms with Crippen molar-refractivity contribution >= 4 is 39.1 Å². The van der Waals surface area contributed by atoms with Crippen LogP contribution >= 0.6 is 22.6 Å². The molecular formula is C16H13IO3. The number of ether oxygens (including phenoxy) is 1. The minimum absolute atomic E-state index is 0.130. The quantitative estimate of drug-likeness (QED) is 0.702. The van der Waals surface area contributed by atoms with E-state index in [2.05, 4.69) is 22.6 Å². The van der Waals surface area contributed by atoms with E-state index in [-0.39, 0.29) is 11.3 Å². The standard InChI is InChI=1S/C16H13IO3/c1-19-12-4-2-3-9-13(12)16-14(9)15(18)10-7-8(17)5-6-11(10)20-16/h5-7,9H,2-4H2,1H3. The van der Waals surface area contributed by atoms with Gasteiger partial charge in [-0.15, -0.1) is 0 Å². The van der Waals surface area contributed by atoms with Gasteiger partial charge in [-0.2, -0.15) is 0 Å². The van der Waals surface area contributed by atoms with Crippen LogP contribution in [0.15, 0.2) is 33.2 Å². The molecule has 0 saturated carbocycles. The third-order valence-corrected chi connectivity index (χ3v) is 4.94. The first-order chi connectivity index (χ1) is 9.70. The van der Waals surface area contributed by atoms with E-state index in [1.54, 1.807) is 7.11 Å². The first-order valence-electron chi connectivity index (χ1n) is 6.74. The minimum atomic E-state index is 0.130. The lowest BCUT2D eigenvalue weighted by Gasteiger charge is -2.36. The summed E-state index contributed by atoms with van der Waals surface area (Å²) in [5.41, 5.74) is 2.77. The van der Waals surface area contributed by atoms with Crippen LogP contribution in [0.25, 0.3) is 16.5 Å². The van der Waals surface area contributed by atoms with Crippen LogP contribution < -0.4 is 5.43 Å². The third kappa shape index (κ3) is 1.54. The molecule has 0 saturated heterocycles. The number of methoxy groups -OCH3 is 1. The van der Waals surface area contributed by atoms with E-state index in [0.29, 0.717) is 11.0 Å². The second kappa shape index (κ2) is 4.35. The highest BCUT2D eigenvalue weighted by atomic mass is 127. The predicted octanol–water partition coefficient (Wildman–Crippen LogP) is 4.04. The van der Waals surface area contributed by atoms with E-state index in [1.807, 2.05) is 18.2 Å². The van der Waals surface area contributed by atoms with Crippen molar-refractivity contribution in [2.24, 2.45) is 0 Å². The van der Waals surface area contributed by atoms with E-state index in [4.69, 9.17) is 9.15 Å². The number of allylic oxidation sites excluding steroid dienone is 2. The minimum Gasteiger partial charge on any atom is -0.501 e. The van der Waals surface area contributed by atoms with Crippen LogP contribution in [0.1, 0.15) is 36.5 Å². The number of halogens is 1. The molecule has 4 heteroatoms. The van der Waals surface area contributed by atoms with Gasteiger partial charge in [-0.1, -0.05) is 0 Å². The Bertz CT molecular complexity index is 816. The average Bonchev–Trinajstić information content (AvgIpc) is 2.45. The largest absolute Gasteiger partial charge is 0.501 e. The summed E-state index contributed by atoms with van der Waals surface area (Å²) >= 11 is 2.22. The van der Waals surface area contributed by atoms with Gasteiger partial charge in [-0.05, 0) is 53.6 Å². The normalized spacial score (nSPS) is 20.4. The number of rotatable bonds is 1. The molecule has 0 bridgehead atoms. The molecule has 0 spiro atoms. The lowest BCUT2D eigenvalue weighted by molar-refractivity contribution is 0.263. The van der Waals surface area contributed by atoms with Gasteiger partial charge in [0.15, 0.2) is 5.43 Å². The summed E-state index contributed by atoms with van der Waals surface area (Å²) in [7, 11) is 1.70. The lowest BCUT2D eigenvalue weighted by atomic mass is 9.70.